The topological polar surface area (TPSA) is 29.9 Å². The molecule has 6 heteroatoms. The van der Waals surface area contributed by atoms with E-state index in [1.807, 2.05) is 26.1 Å². The van der Waals surface area contributed by atoms with E-state index in [4.69, 9.17) is 23.2 Å². The third-order valence-corrected chi connectivity index (χ3v) is 5.52. The molecule has 0 saturated heterocycles. The van der Waals surface area contributed by atoms with Gasteiger partial charge < -0.3 is 5.32 Å². The third kappa shape index (κ3) is 3.92. The van der Waals surface area contributed by atoms with Gasteiger partial charge in [0.25, 0.3) is 0 Å². The van der Waals surface area contributed by atoms with Gasteiger partial charge in [-0.1, -0.05) is 36.2 Å². The van der Waals surface area contributed by atoms with E-state index in [1.54, 1.807) is 4.68 Å². The molecule has 3 nitrogen and oxygen atoms in total. The number of likely N-dealkylation sites (N-methyl/N-ethyl adjacent to an activating group) is 1. The van der Waals surface area contributed by atoms with Crippen LogP contribution in [0.2, 0.25) is 10.2 Å². The van der Waals surface area contributed by atoms with Gasteiger partial charge in [-0.25, -0.2) is 0 Å². The van der Waals surface area contributed by atoms with E-state index in [1.165, 1.54) is 5.56 Å². The molecule has 21 heavy (non-hydrogen) atoms. The molecule has 1 aromatic heterocycles. The summed E-state index contributed by atoms with van der Waals surface area (Å²) in [5.74, 6) is 0. The molecule has 0 aliphatic carbocycles. The van der Waals surface area contributed by atoms with Crippen LogP contribution in [0.25, 0.3) is 0 Å². The Morgan fingerprint density at radius 3 is 2.62 bits per heavy atom. The minimum Gasteiger partial charge on any atom is -0.310 e. The van der Waals surface area contributed by atoms with Gasteiger partial charge >= 0.3 is 0 Å². The number of aryl methyl sites for hydroxylation is 2. The first-order chi connectivity index (χ1) is 9.93. The van der Waals surface area contributed by atoms with Crippen molar-refractivity contribution in [1.29, 1.82) is 0 Å². The number of hydrogen-bond acceptors (Lipinski definition) is 2. The Hall–Kier alpha value is -0.300. The average molecular weight is 438 g/mol. The molecule has 2 rings (SSSR count). The molecule has 114 valence electrons. The van der Waals surface area contributed by atoms with Crippen molar-refractivity contribution in [3.63, 3.8) is 0 Å². The number of nitrogens with zero attached hydrogens (tertiary/aromatic N) is 2. The van der Waals surface area contributed by atoms with Crippen LogP contribution in [0.3, 0.4) is 0 Å². The summed E-state index contributed by atoms with van der Waals surface area (Å²) >= 11 is 14.8. The fourth-order valence-electron chi connectivity index (χ4n) is 2.39. The van der Waals surface area contributed by atoms with E-state index in [9.17, 15) is 0 Å². The summed E-state index contributed by atoms with van der Waals surface area (Å²) in [6.45, 7) is 4.97. The Balaban J connectivity index is 2.32. The van der Waals surface area contributed by atoms with Gasteiger partial charge in [-0.2, -0.15) is 5.10 Å². The lowest BCUT2D eigenvalue weighted by molar-refractivity contribution is 0.548. The van der Waals surface area contributed by atoms with Gasteiger partial charge in [-0.05, 0) is 60.2 Å². The van der Waals surface area contributed by atoms with Crippen molar-refractivity contribution >= 4 is 45.8 Å². The van der Waals surface area contributed by atoms with Crippen molar-refractivity contribution in [2.24, 2.45) is 7.05 Å². The van der Waals surface area contributed by atoms with Gasteiger partial charge in [0.2, 0.25) is 0 Å². The summed E-state index contributed by atoms with van der Waals surface area (Å²) in [7, 11) is 1.86. The lowest BCUT2D eigenvalue weighted by Gasteiger charge is -2.19. The zero-order chi connectivity index (χ0) is 15.6. The van der Waals surface area contributed by atoms with E-state index in [-0.39, 0.29) is 6.04 Å². The van der Waals surface area contributed by atoms with Gasteiger partial charge in [0.1, 0.15) is 5.15 Å². The van der Waals surface area contributed by atoms with Crippen molar-refractivity contribution in [1.82, 2.24) is 15.1 Å². The summed E-state index contributed by atoms with van der Waals surface area (Å²) in [4.78, 5) is 0. The Labute approximate surface area is 149 Å². The number of benzene rings is 1. The van der Waals surface area contributed by atoms with Gasteiger partial charge in [0, 0.05) is 22.2 Å². The molecule has 0 spiro atoms. The normalized spacial score (nSPS) is 12.7. The van der Waals surface area contributed by atoms with Crippen LogP contribution in [0.1, 0.15) is 29.8 Å². The second kappa shape index (κ2) is 7.31. The van der Waals surface area contributed by atoms with Crippen molar-refractivity contribution in [2.45, 2.75) is 26.3 Å². The Bertz CT molecular complexity index is 640. The van der Waals surface area contributed by atoms with E-state index in [2.05, 4.69) is 46.0 Å². The lowest BCUT2D eigenvalue weighted by Crippen LogP contribution is -2.23. The predicted octanol–water partition coefficient (Wildman–Crippen LogP) is 4.53. The van der Waals surface area contributed by atoms with Gasteiger partial charge in [0.15, 0.2) is 0 Å². The minimum absolute atomic E-state index is 0.171. The van der Waals surface area contributed by atoms with Crippen LogP contribution in [0, 0.1) is 10.5 Å². The quantitative estimate of drug-likeness (QED) is 0.696. The van der Waals surface area contributed by atoms with Crippen LogP contribution in [-0.2, 0) is 13.5 Å². The molecule has 0 fully saturated rings. The summed E-state index contributed by atoms with van der Waals surface area (Å²) in [5.41, 5.74) is 3.23. The van der Waals surface area contributed by atoms with Crippen molar-refractivity contribution in [3.8, 4) is 0 Å². The molecule has 0 bridgehead atoms. The van der Waals surface area contributed by atoms with Gasteiger partial charge in [-0.3, -0.25) is 4.68 Å². The van der Waals surface area contributed by atoms with E-state index in [0.717, 1.165) is 32.8 Å². The molecule has 2 aromatic rings. The molecular formula is C15H18Cl2IN3. The van der Waals surface area contributed by atoms with Crippen LogP contribution in [0.15, 0.2) is 18.2 Å². The molecule has 0 amide bonds. The number of nitrogens with one attached hydrogen (secondary N) is 1. The van der Waals surface area contributed by atoms with E-state index < -0.39 is 0 Å². The number of hydrogen-bond donors (Lipinski definition) is 1. The average Bonchev–Trinajstić information content (AvgIpc) is 2.68. The second-order valence-electron chi connectivity index (χ2n) is 4.97. The minimum atomic E-state index is 0.171. The van der Waals surface area contributed by atoms with Crippen molar-refractivity contribution < 1.29 is 0 Å². The van der Waals surface area contributed by atoms with Gasteiger partial charge in [0.05, 0.1) is 10.7 Å². The number of aromatic nitrogens is 2. The van der Waals surface area contributed by atoms with Gasteiger partial charge in [-0.15, -0.1) is 0 Å². The van der Waals surface area contributed by atoms with Crippen molar-refractivity contribution in [3.05, 3.63) is 48.8 Å². The molecule has 1 atom stereocenters. The first-order valence-electron chi connectivity index (χ1n) is 6.80. The predicted molar refractivity (Wildman–Crippen MR) is 97.2 cm³/mol. The van der Waals surface area contributed by atoms with Crippen LogP contribution in [-0.4, -0.2) is 16.3 Å². The maximum absolute atomic E-state index is 6.35. The third-order valence-electron chi connectivity index (χ3n) is 3.47. The fraction of sp³-hybridized carbons (Fsp3) is 0.400. The first-order valence-corrected chi connectivity index (χ1v) is 8.63. The highest BCUT2D eigenvalue weighted by Gasteiger charge is 2.18. The number of rotatable bonds is 5. The zero-order valence-electron chi connectivity index (χ0n) is 12.3. The smallest absolute Gasteiger partial charge is 0.130 e. The monoisotopic (exact) mass is 437 g/mol. The zero-order valence-corrected chi connectivity index (χ0v) is 15.9. The molecule has 1 unspecified atom stereocenters. The maximum atomic E-state index is 6.35. The summed E-state index contributed by atoms with van der Waals surface area (Å²) in [6, 6.07) is 6.35. The molecule has 0 aliphatic rings. The lowest BCUT2D eigenvalue weighted by atomic mass is 9.99. The molecule has 1 aromatic carbocycles. The maximum Gasteiger partial charge on any atom is 0.130 e. The summed E-state index contributed by atoms with van der Waals surface area (Å²) in [5, 5.41) is 9.36. The SMILES string of the molecule is CCNC(Cc1c(C)nn(C)c1Cl)c1ccc(I)c(Cl)c1. The second-order valence-corrected chi connectivity index (χ2v) is 6.89. The van der Waals surface area contributed by atoms with Crippen LogP contribution < -0.4 is 5.32 Å². The fourth-order valence-corrected chi connectivity index (χ4v) is 3.17. The van der Waals surface area contributed by atoms with Crippen LogP contribution in [0.5, 0.6) is 0 Å². The Morgan fingerprint density at radius 1 is 1.38 bits per heavy atom. The molecule has 1 heterocycles. The van der Waals surface area contributed by atoms with Crippen LogP contribution in [0.4, 0.5) is 0 Å². The first kappa shape index (κ1) is 17.1. The highest BCUT2D eigenvalue weighted by atomic mass is 127. The molecule has 1 N–H and O–H groups in total. The molecular weight excluding hydrogens is 420 g/mol. The Morgan fingerprint density at radius 2 is 2.10 bits per heavy atom. The molecule has 0 aliphatic heterocycles. The van der Waals surface area contributed by atoms with E-state index >= 15 is 0 Å². The highest BCUT2D eigenvalue weighted by Crippen LogP contribution is 2.28. The number of halogens is 3. The standard InChI is InChI=1S/C15H18Cl2IN3/c1-4-19-14(10-5-6-13(18)12(16)7-10)8-11-9(2)20-21(3)15(11)17/h5-7,14,19H,4,8H2,1-3H3. The largest absolute Gasteiger partial charge is 0.310 e. The van der Waals surface area contributed by atoms with E-state index in [0.29, 0.717) is 5.15 Å². The molecule has 0 saturated carbocycles. The summed E-state index contributed by atoms with van der Waals surface area (Å²) < 4.78 is 2.78. The molecule has 0 radical (unpaired) electrons. The Kier molecular flexibility index (Phi) is 5.94. The van der Waals surface area contributed by atoms with Crippen molar-refractivity contribution in [2.75, 3.05) is 6.54 Å². The summed E-state index contributed by atoms with van der Waals surface area (Å²) in [6.07, 6.45) is 0.795. The highest BCUT2D eigenvalue weighted by molar-refractivity contribution is 14.1. The van der Waals surface area contributed by atoms with Crippen LogP contribution >= 0.6 is 45.8 Å².